The summed E-state index contributed by atoms with van der Waals surface area (Å²) in [4.78, 5) is 7.94. The summed E-state index contributed by atoms with van der Waals surface area (Å²) >= 11 is 12.0. The first kappa shape index (κ1) is 19.7. The predicted octanol–water partition coefficient (Wildman–Crippen LogP) is 2.30. The number of halogens is 2. The Bertz CT molecular complexity index is 836. The molecule has 1 aromatic carbocycles. The molecular formula is C16H18Cl2N6O3. The van der Waals surface area contributed by atoms with Crippen molar-refractivity contribution in [1.82, 2.24) is 9.97 Å². The lowest BCUT2D eigenvalue weighted by Gasteiger charge is -2.19. The molecule has 6 N–H and O–H groups in total. The number of hydrogen-bond acceptors (Lipinski definition) is 9. The van der Waals surface area contributed by atoms with Crippen LogP contribution in [0.4, 0.5) is 23.1 Å². The van der Waals surface area contributed by atoms with Crippen LogP contribution in [0.25, 0.3) is 0 Å². The number of aliphatic hydroxyl groups is 3. The van der Waals surface area contributed by atoms with Gasteiger partial charge in [-0.1, -0.05) is 23.2 Å². The number of benzene rings is 1. The highest BCUT2D eigenvalue weighted by Gasteiger charge is 2.41. The Kier molecular flexibility index (Phi) is 6.08. The molecular weight excluding hydrogens is 395 g/mol. The Labute approximate surface area is 164 Å². The van der Waals surface area contributed by atoms with Gasteiger partial charge in [0, 0.05) is 17.5 Å². The van der Waals surface area contributed by atoms with Crippen LogP contribution < -0.4 is 11.1 Å². The largest absolute Gasteiger partial charge is 0.396 e. The minimum absolute atomic E-state index is 0.0190. The predicted molar refractivity (Wildman–Crippen MR) is 102 cm³/mol. The Morgan fingerprint density at radius 2 is 1.81 bits per heavy atom. The highest BCUT2D eigenvalue weighted by atomic mass is 35.5. The molecule has 0 spiro atoms. The van der Waals surface area contributed by atoms with E-state index in [2.05, 4.69) is 25.5 Å². The molecule has 1 fully saturated rings. The Morgan fingerprint density at radius 1 is 1.11 bits per heavy atom. The van der Waals surface area contributed by atoms with E-state index >= 15 is 0 Å². The molecule has 1 aromatic heterocycles. The van der Waals surface area contributed by atoms with Gasteiger partial charge < -0.3 is 26.4 Å². The molecule has 9 nitrogen and oxygen atoms in total. The average molecular weight is 413 g/mol. The van der Waals surface area contributed by atoms with Gasteiger partial charge in [-0.15, -0.1) is 5.11 Å². The summed E-state index contributed by atoms with van der Waals surface area (Å²) in [5.74, 6) is -0.369. The van der Waals surface area contributed by atoms with Gasteiger partial charge in [0.25, 0.3) is 0 Å². The van der Waals surface area contributed by atoms with Crippen LogP contribution in [-0.4, -0.2) is 50.1 Å². The van der Waals surface area contributed by atoms with Gasteiger partial charge in [0.05, 0.1) is 17.8 Å². The zero-order valence-corrected chi connectivity index (χ0v) is 15.5. The average Bonchev–Trinajstić information content (AvgIpc) is 2.90. The standard InChI is InChI=1S/C16H18Cl2N6O3/c17-8-1-3-9(4-2-8)23-24-11-14(18)21-16(19)22-15(11)20-10-5-7(6-25)12(26)13(10)27/h1-4,7,10,12-13,25-27H,5-6H2,(H3,19,20,21,22)/b24-23+/t7-,10-,12-,13+/m1/s1. The second-order valence-corrected chi connectivity index (χ2v) is 6.95. The van der Waals surface area contributed by atoms with Gasteiger partial charge in [0.2, 0.25) is 5.95 Å². The summed E-state index contributed by atoms with van der Waals surface area (Å²) in [6.07, 6.45) is -1.83. The summed E-state index contributed by atoms with van der Waals surface area (Å²) in [6.45, 7) is -0.244. The van der Waals surface area contributed by atoms with Crippen molar-refractivity contribution in [2.75, 3.05) is 17.7 Å². The molecule has 0 bridgehead atoms. The SMILES string of the molecule is Nc1nc(Cl)c(/N=N/c2ccc(Cl)cc2)c(N[C@@H]2C[C@H](CO)[C@@H](O)[C@H]2O)n1. The molecule has 0 amide bonds. The normalized spacial score (nSPS) is 25.2. The minimum Gasteiger partial charge on any atom is -0.396 e. The summed E-state index contributed by atoms with van der Waals surface area (Å²) in [5.41, 5.74) is 6.33. The molecule has 2 aromatic rings. The molecule has 0 unspecified atom stereocenters. The number of aliphatic hydroxyl groups excluding tert-OH is 3. The first-order chi connectivity index (χ1) is 12.9. The van der Waals surface area contributed by atoms with Crippen LogP contribution in [0, 0.1) is 5.92 Å². The maximum absolute atomic E-state index is 10.2. The van der Waals surface area contributed by atoms with Crippen LogP contribution in [0.1, 0.15) is 6.42 Å². The molecule has 4 atom stereocenters. The van der Waals surface area contributed by atoms with Gasteiger partial charge in [-0.25, -0.2) is 0 Å². The summed E-state index contributed by atoms with van der Waals surface area (Å²) in [7, 11) is 0. The van der Waals surface area contributed by atoms with Crippen molar-refractivity contribution < 1.29 is 15.3 Å². The van der Waals surface area contributed by atoms with Crippen LogP contribution >= 0.6 is 23.2 Å². The van der Waals surface area contributed by atoms with Gasteiger partial charge in [-0.3, -0.25) is 0 Å². The molecule has 11 heteroatoms. The van der Waals surface area contributed by atoms with Crippen molar-refractivity contribution in [3.05, 3.63) is 34.4 Å². The van der Waals surface area contributed by atoms with E-state index in [1.807, 2.05) is 0 Å². The summed E-state index contributed by atoms with van der Waals surface area (Å²) < 4.78 is 0. The van der Waals surface area contributed by atoms with Crippen molar-refractivity contribution in [3.63, 3.8) is 0 Å². The summed E-state index contributed by atoms with van der Waals surface area (Å²) in [6, 6.07) is 6.11. The van der Waals surface area contributed by atoms with E-state index < -0.39 is 24.2 Å². The molecule has 3 rings (SSSR count). The van der Waals surface area contributed by atoms with Crippen molar-refractivity contribution in [3.8, 4) is 0 Å². The number of rotatable bonds is 5. The second-order valence-electron chi connectivity index (χ2n) is 6.16. The third-order valence-electron chi connectivity index (χ3n) is 4.31. The molecule has 0 aliphatic heterocycles. The topological polar surface area (TPSA) is 149 Å². The molecule has 1 heterocycles. The van der Waals surface area contributed by atoms with E-state index in [1.165, 1.54) is 0 Å². The Morgan fingerprint density at radius 3 is 2.44 bits per heavy atom. The maximum Gasteiger partial charge on any atom is 0.223 e. The number of azo groups is 1. The number of nitrogens with two attached hydrogens (primary N) is 1. The highest BCUT2D eigenvalue weighted by Crippen LogP contribution is 2.36. The number of hydrogen-bond donors (Lipinski definition) is 5. The Balaban J connectivity index is 1.88. The fourth-order valence-corrected chi connectivity index (χ4v) is 3.21. The number of anilines is 2. The molecule has 1 aliphatic rings. The fourth-order valence-electron chi connectivity index (χ4n) is 2.87. The van der Waals surface area contributed by atoms with Gasteiger partial charge in [0.15, 0.2) is 16.7 Å². The van der Waals surface area contributed by atoms with Crippen molar-refractivity contribution in [2.45, 2.75) is 24.7 Å². The number of nitrogens with one attached hydrogen (secondary N) is 1. The van der Waals surface area contributed by atoms with Crippen LogP contribution in [0.5, 0.6) is 0 Å². The highest BCUT2D eigenvalue weighted by molar-refractivity contribution is 6.32. The summed E-state index contributed by atoms with van der Waals surface area (Å²) in [5, 5.41) is 41.1. The van der Waals surface area contributed by atoms with Crippen molar-refractivity contribution in [1.29, 1.82) is 0 Å². The minimum atomic E-state index is -1.10. The van der Waals surface area contributed by atoms with Crippen molar-refractivity contribution >= 4 is 46.3 Å². The van der Waals surface area contributed by atoms with Crippen LogP contribution in [0.3, 0.4) is 0 Å². The lowest BCUT2D eigenvalue weighted by molar-refractivity contribution is 0.00446. The van der Waals surface area contributed by atoms with Crippen LogP contribution in [0.2, 0.25) is 10.2 Å². The smallest absolute Gasteiger partial charge is 0.223 e. The van der Waals surface area contributed by atoms with Crippen LogP contribution in [-0.2, 0) is 0 Å². The fraction of sp³-hybridized carbons (Fsp3) is 0.375. The zero-order valence-electron chi connectivity index (χ0n) is 14.0. The van der Waals surface area contributed by atoms with Gasteiger partial charge in [-0.2, -0.15) is 15.1 Å². The van der Waals surface area contributed by atoms with Gasteiger partial charge in [0.1, 0.15) is 6.10 Å². The number of aromatic nitrogens is 2. The molecule has 0 saturated heterocycles. The molecule has 1 aliphatic carbocycles. The molecule has 0 radical (unpaired) electrons. The van der Waals surface area contributed by atoms with Crippen molar-refractivity contribution in [2.24, 2.45) is 16.1 Å². The Hall–Kier alpha value is -2.04. The first-order valence-electron chi connectivity index (χ1n) is 8.13. The van der Waals surface area contributed by atoms with E-state index in [9.17, 15) is 15.3 Å². The number of nitrogens with zero attached hydrogens (tertiary/aromatic N) is 4. The van der Waals surface area contributed by atoms with E-state index in [4.69, 9.17) is 28.9 Å². The third kappa shape index (κ3) is 4.45. The second kappa shape index (κ2) is 8.32. The lowest BCUT2D eigenvalue weighted by Crippen LogP contribution is -2.35. The zero-order chi connectivity index (χ0) is 19.6. The first-order valence-corrected chi connectivity index (χ1v) is 8.88. The third-order valence-corrected chi connectivity index (χ3v) is 4.82. The van der Waals surface area contributed by atoms with Crippen LogP contribution in [0.15, 0.2) is 34.5 Å². The maximum atomic E-state index is 10.2. The molecule has 1 saturated carbocycles. The van der Waals surface area contributed by atoms with E-state index in [1.54, 1.807) is 24.3 Å². The molecule has 27 heavy (non-hydrogen) atoms. The lowest BCUT2D eigenvalue weighted by atomic mass is 10.1. The number of nitrogen functional groups attached to an aromatic ring is 1. The molecule has 144 valence electrons. The van der Waals surface area contributed by atoms with Gasteiger partial charge in [-0.05, 0) is 30.7 Å². The monoisotopic (exact) mass is 412 g/mol. The van der Waals surface area contributed by atoms with E-state index in [0.29, 0.717) is 17.1 Å². The quantitative estimate of drug-likeness (QED) is 0.373. The van der Waals surface area contributed by atoms with E-state index in [0.717, 1.165) is 0 Å². The van der Waals surface area contributed by atoms with E-state index in [-0.39, 0.29) is 29.2 Å². The van der Waals surface area contributed by atoms with Gasteiger partial charge >= 0.3 is 0 Å².